The van der Waals surface area contributed by atoms with Crippen LogP contribution in [0.3, 0.4) is 0 Å². The molecule has 2 aromatic rings. The van der Waals surface area contributed by atoms with Gasteiger partial charge in [-0.2, -0.15) is 10.2 Å². The Bertz CT molecular complexity index is 752. The van der Waals surface area contributed by atoms with Gasteiger partial charge in [0.15, 0.2) is 0 Å². The minimum atomic E-state index is 0.577. The maximum atomic E-state index is 5.70. The lowest BCUT2D eigenvalue weighted by Crippen LogP contribution is -2.31. The van der Waals surface area contributed by atoms with E-state index in [1.54, 1.807) is 7.11 Å². The van der Waals surface area contributed by atoms with Crippen LogP contribution in [0.25, 0.3) is 0 Å². The third-order valence-corrected chi connectivity index (χ3v) is 4.70. The molecule has 2 aromatic carbocycles. The second-order valence-corrected chi connectivity index (χ2v) is 6.85. The molecule has 0 amide bonds. The van der Waals surface area contributed by atoms with Crippen LogP contribution in [-0.4, -0.2) is 73.1 Å². The normalized spacial score (nSPS) is 17.8. The fourth-order valence-electron chi connectivity index (χ4n) is 2.98. The van der Waals surface area contributed by atoms with Gasteiger partial charge in [-0.25, -0.2) is 0 Å². The quantitative estimate of drug-likeness (QED) is 0.684. The number of hydrogen-bond donors (Lipinski definition) is 0. The number of azo groups is 1. The van der Waals surface area contributed by atoms with Gasteiger partial charge < -0.3 is 28.6 Å². The van der Waals surface area contributed by atoms with Crippen molar-refractivity contribution in [1.82, 2.24) is 0 Å². The Morgan fingerprint density at radius 2 is 1.03 bits per heavy atom. The van der Waals surface area contributed by atoms with Gasteiger partial charge in [0.05, 0.1) is 71.3 Å². The van der Waals surface area contributed by atoms with E-state index >= 15 is 0 Å². The lowest BCUT2D eigenvalue weighted by molar-refractivity contribution is 0.00206. The van der Waals surface area contributed by atoms with Gasteiger partial charge in [-0.05, 0) is 48.5 Å². The first-order valence-electron chi connectivity index (χ1n) is 10.6. The minimum absolute atomic E-state index is 0.577. The third-order valence-electron chi connectivity index (χ3n) is 4.70. The van der Waals surface area contributed by atoms with Crippen LogP contribution in [0.1, 0.15) is 0 Å². The van der Waals surface area contributed by atoms with Crippen LogP contribution in [0.4, 0.5) is 17.1 Å². The maximum absolute atomic E-state index is 5.70. The minimum Gasteiger partial charge on any atom is -0.497 e. The van der Waals surface area contributed by atoms with Gasteiger partial charge >= 0.3 is 0 Å². The molecule has 0 N–H and O–H groups in total. The Hall–Kier alpha value is -2.52. The van der Waals surface area contributed by atoms with Crippen molar-refractivity contribution in [2.45, 2.75) is 0 Å². The highest BCUT2D eigenvalue weighted by molar-refractivity contribution is 5.53. The molecule has 1 aliphatic heterocycles. The van der Waals surface area contributed by atoms with Crippen molar-refractivity contribution >= 4 is 17.1 Å². The molecule has 0 bridgehead atoms. The van der Waals surface area contributed by atoms with E-state index in [4.69, 9.17) is 23.7 Å². The van der Waals surface area contributed by atoms with Gasteiger partial charge in [0, 0.05) is 18.8 Å². The summed E-state index contributed by atoms with van der Waals surface area (Å²) in [5, 5.41) is 8.60. The smallest absolute Gasteiger partial charge is 0.119 e. The Morgan fingerprint density at radius 3 is 1.48 bits per heavy atom. The van der Waals surface area contributed by atoms with Gasteiger partial charge in [0.2, 0.25) is 0 Å². The number of benzene rings is 2. The van der Waals surface area contributed by atoms with Gasteiger partial charge in [0.25, 0.3) is 0 Å². The lowest BCUT2D eigenvalue weighted by Gasteiger charge is -2.25. The molecule has 1 fully saturated rings. The van der Waals surface area contributed by atoms with Crippen LogP contribution in [0.2, 0.25) is 0 Å². The molecule has 0 aliphatic carbocycles. The number of ether oxygens (including phenoxy) is 5. The Kier molecular flexibility index (Phi) is 10.2. The van der Waals surface area contributed by atoms with E-state index in [0.717, 1.165) is 35.9 Å². The molecule has 0 unspecified atom stereocenters. The van der Waals surface area contributed by atoms with Crippen LogP contribution in [0.15, 0.2) is 58.8 Å². The molecule has 0 aromatic heterocycles. The van der Waals surface area contributed by atoms with Crippen LogP contribution in [-0.2, 0) is 18.9 Å². The van der Waals surface area contributed by atoms with Crippen LogP contribution in [0, 0.1) is 0 Å². The molecule has 1 saturated heterocycles. The van der Waals surface area contributed by atoms with E-state index in [2.05, 4.69) is 15.1 Å². The molecule has 8 heteroatoms. The van der Waals surface area contributed by atoms with E-state index in [0.29, 0.717) is 52.9 Å². The molecule has 8 nitrogen and oxygen atoms in total. The SMILES string of the molecule is COc1ccc(N=Nc2ccc(N3CCOCCOCCOCCOCC3)cc2)cc1. The topological polar surface area (TPSA) is 74.1 Å². The highest BCUT2D eigenvalue weighted by atomic mass is 16.6. The van der Waals surface area contributed by atoms with Gasteiger partial charge in [-0.3, -0.25) is 0 Å². The van der Waals surface area contributed by atoms with Crippen molar-refractivity contribution in [3.63, 3.8) is 0 Å². The van der Waals surface area contributed by atoms with Crippen molar-refractivity contribution in [2.75, 3.05) is 78.0 Å². The first-order valence-corrected chi connectivity index (χ1v) is 10.6. The number of hydrogen-bond acceptors (Lipinski definition) is 8. The predicted octanol–water partition coefficient (Wildman–Crippen LogP) is 4.00. The van der Waals surface area contributed by atoms with E-state index in [-0.39, 0.29) is 0 Å². The highest BCUT2D eigenvalue weighted by Crippen LogP contribution is 2.23. The summed E-state index contributed by atoms with van der Waals surface area (Å²) in [6.45, 7) is 6.26. The molecule has 0 spiro atoms. The van der Waals surface area contributed by atoms with E-state index in [1.807, 2.05) is 48.5 Å². The van der Waals surface area contributed by atoms with Gasteiger partial charge in [-0.15, -0.1) is 0 Å². The summed E-state index contributed by atoms with van der Waals surface area (Å²) in [5.41, 5.74) is 2.66. The number of anilines is 1. The van der Waals surface area contributed by atoms with Crippen LogP contribution >= 0.6 is 0 Å². The zero-order valence-electron chi connectivity index (χ0n) is 18.1. The second kappa shape index (κ2) is 13.7. The summed E-state index contributed by atoms with van der Waals surface area (Å²) < 4.78 is 27.5. The molecule has 168 valence electrons. The first kappa shape index (κ1) is 23.1. The third kappa shape index (κ3) is 8.63. The zero-order chi connectivity index (χ0) is 21.6. The fraction of sp³-hybridized carbons (Fsp3) is 0.478. The highest BCUT2D eigenvalue weighted by Gasteiger charge is 2.07. The van der Waals surface area contributed by atoms with Crippen molar-refractivity contribution < 1.29 is 23.7 Å². The largest absolute Gasteiger partial charge is 0.497 e. The second-order valence-electron chi connectivity index (χ2n) is 6.85. The van der Waals surface area contributed by atoms with E-state index in [9.17, 15) is 0 Å². The van der Waals surface area contributed by atoms with Crippen molar-refractivity contribution in [3.05, 3.63) is 48.5 Å². The van der Waals surface area contributed by atoms with E-state index < -0.39 is 0 Å². The molecule has 0 radical (unpaired) electrons. The van der Waals surface area contributed by atoms with Crippen LogP contribution < -0.4 is 9.64 Å². The molecular formula is C23H31N3O5. The molecule has 0 saturated carbocycles. The average molecular weight is 430 g/mol. The van der Waals surface area contributed by atoms with E-state index in [1.165, 1.54) is 0 Å². The predicted molar refractivity (Wildman–Crippen MR) is 119 cm³/mol. The van der Waals surface area contributed by atoms with Gasteiger partial charge in [0.1, 0.15) is 5.75 Å². The number of nitrogens with zero attached hydrogens (tertiary/aromatic N) is 3. The molecule has 1 aliphatic rings. The Morgan fingerprint density at radius 1 is 0.613 bits per heavy atom. The average Bonchev–Trinajstić information content (AvgIpc) is 2.83. The maximum Gasteiger partial charge on any atom is 0.119 e. The number of rotatable bonds is 4. The Labute approximate surface area is 183 Å². The molecule has 1 heterocycles. The number of methoxy groups -OCH3 is 1. The van der Waals surface area contributed by atoms with Crippen molar-refractivity contribution in [3.8, 4) is 5.75 Å². The van der Waals surface area contributed by atoms with Crippen molar-refractivity contribution in [1.29, 1.82) is 0 Å². The monoisotopic (exact) mass is 429 g/mol. The molecular weight excluding hydrogens is 398 g/mol. The summed E-state index contributed by atoms with van der Waals surface area (Å²) >= 11 is 0. The summed E-state index contributed by atoms with van der Waals surface area (Å²) in [5.74, 6) is 0.795. The standard InChI is InChI=1S/C23H31N3O5/c1-27-23-8-4-21(5-9-23)25-24-20-2-6-22(7-3-20)26-10-12-28-14-16-30-18-19-31-17-15-29-13-11-26/h2-9H,10-19H2,1H3. The van der Waals surface area contributed by atoms with Gasteiger partial charge in [-0.1, -0.05) is 0 Å². The first-order chi connectivity index (χ1) is 15.3. The van der Waals surface area contributed by atoms with Crippen molar-refractivity contribution in [2.24, 2.45) is 10.2 Å². The van der Waals surface area contributed by atoms with Crippen LogP contribution in [0.5, 0.6) is 5.75 Å². The summed E-state index contributed by atoms with van der Waals surface area (Å²) in [7, 11) is 1.64. The summed E-state index contributed by atoms with van der Waals surface area (Å²) in [6, 6.07) is 15.5. The summed E-state index contributed by atoms with van der Waals surface area (Å²) in [4.78, 5) is 2.24. The Balaban J connectivity index is 1.56. The lowest BCUT2D eigenvalue weighted by atomic mass is 10.2. The zero-order valence-corrected chi connectivity index (χ0v) is 18.1. The molecule has 3 rings (SSSR count). The summed E-state index contributed by atoms with van der Waals surface area (Å²) in [6.07, 6.45) is 0. The molecule has 0 atom stereocenters. The molecule has 31 heavy (non-hydrogen) atoms. The fourth-order valence-corrected chi connectivity index (χ4v) is 2.98.